The molecule has 2 aromatic carbocycles. The molecule has 2 aromatic rings. The summed E-state index contributed by atoms with van der Waals surface area (Å²) in [7, 11) is 2.91. The summed E-state index contributed by atoms with van der Waals surface area (Å²) in [6.45, 7) is 3.02. The largest absolute Gasteiger partial charge is 0.497 e. The van der Waals surface area contributed by atoms with Crippen molar-refractivity contribution in [3.05, 3.63) is 77.0 Å². The molecular formula is C26H31N3O6. The van der Waals surface area contributed by atoms with Crippen molar-refractivity contribution in [1.29, 1.82) is 0 Å². The van der Waals surface area contributed by atoms with E-state index in [1.807, 2.05) is 35.2 Å². The van der Waals surface area contributed by atoms with E-state index < -0.39 is 18.0 Å². The van der Waals surface area contributed by atoms with Crippen LogP contribution in [0.1, 0.15) is 30.5 Å². The monoisotopic (exact) mass is 481 g/mol. The van der Waals surface area contributed by atoms with Crippen LogP contribution in [0.2, 0.25) is 0 Å². The van der Waals surface area contributed by atoms with Gasteiger partial charge in [-0.05, 0) is 30.2 Å². The lowest BCUT2D eigenvalue weighted by Gasteiger charge is -2.32. The van der Waals surface area contributed by atoms with Crippen molar-refractivity contribution in [2.24, 2.45) is 0 Å². The van der Waals surface area contributed by atoms with Crippen LogP contribution in [-0.2, 0) is 25.6 Å². The molecule has 0 aromatic heterocycles. The smallest absolute Gasteiger partial charge is 0.338 e. The van der Waals surface area contributed by atoms with E-state index >= 15 is 0 Å². The predicted octanol–water partition coefficient (Wildman–Crippen LogP) is 2.93. The van der Waals surface area contributed by atoms with E-state index in [1.54, 1.807) is 38.3 Å². The summed E-state index contributed by atoms with van der Waals surface area (Å²) in [5.74, 6) is -0.204. The van der Waals surface area contributed by atoms with Crippen molar-refractivity contribution >= 4 is 18.0 Å². The summed E-state index contributed by atoms with van der Waals surface area (Å²) >= 11 is 0. The third-order valence-corrected chi connectivity index (χ3v) is 5.59. The van der Waals surface area contributed by atoms with Crippen LogP contribution in [0, 0.1) is 0 Å². The fourth-order valence-corrected chi connectivity index (χ4v) is 3.87. The van der Waals surface area contributed by atoms with Crippen molar-refractivity contribution in [3.8, 4) is 5.75 Å². The van der Waals surface area contributed by atoms with Crippen LogP contribution in [0.4, 0.5) is 4.79 Å². The Bertz CT molecular complexity index is 1050. The molecule has 1 aliphatic rings. The molecule has 0 bridgehead atoms. The molecule has 1 atom stereocenters. The number of hydrogen-bond donors (Lipinski definition) is 2. The van der Waals surface area contributed by atoms with Gasteiger partial charge in [-0.25, -0.2) is 9.59 Å². The maximum Gasteiger partial charge on any atom is 0.338 e. The first-order chi connectivity index (χ1) is 16.9. The number of carbonyl (C=O) groups excluding carboxylic acids is 3. The zero-order valence-electron chi connectivity index (χ0n) is 20.2. The van der Waals surface area contributed by atoms with Crippen molar-refractivity contribution in [2.75, 3.05) is 33.9 Å². The van der Waals surface area contributed by atoms with Gasteiger partial charge in [-0.1, -0.05) is 42.5 Å². The number of methoxy groups -OCH3 is 2. The molecule has 9 heteroatoms. The second-order valence-corrected chi connectivity index (χ2v) is 7.94. The Kier molecular flexibility index (Phi) is 9.25. The minimum atomic E-state index is -0.706. The van der Waals surface area contributed by atoms with Gasteiger partial charge < -0.3 is 24.8 Å². The number of rotatable bonds is 11. The lowest BCUT2D eigenvalue weighted by atomic mass is 9.94. The van der Waals surface area contributed by atoms with Crippen molar-refractivity contribution < 1.29 is 28.6 Å². The van der Waals surface area contributed by atoms with E-state index in [2.05, 4.69) is 10.6 Å². The highest BCUT2D eigenvalue weighted by Gasteiger charge is 2.34. The normalized spacial score (nSPS) is 15.3. The maximum absolute atomic E-state index is 13.1. The Labute approximate surface area is 205 Å². The van der Waals surface area contributed by atoms with Crippen LogP contribution in [-0.4, -0.2) is 56.8 Å². The molecule has 0 saturated heterocycles. The average Bonchev–Trinajstić information content (AvgIpc) is 2.87. The highest BCUT2D eigenvalue weighted by Crippen LogP contribution is 2.29. The molecule has 0 saturated carbocycles. The van der Waals surface area contributed by atoms with Gasteiger partial charge in [0.15, 0.2) is 0 Å². The van der Waals surface area contributed by atoms with Crippen LogP contribution in [0.3, 0.4) is 0 Å². The van der Waals surface area contributed by atoms with E-state index in [9.17, 15) is 14.4 Å². The van der Waals surface area contributed by atoms with Crippen molar-refractivity contribution in [3.63, 3.8) is 0 Å². The van der Waals surface area contributed by atoms with Gasteiger partial charge in [0.2, 0.25) is 0 Å². The fraction of sp³-hybridized carbons (Fsp3) is 0.346. The van der Waals surface area contributed by atoms with Gasteiger partial charge in [0, 0.05) is 25.3 Å². The highest BCUT2D eigenvalue weighted by molar-refractivity contribution is 5.95. The Morgan fingerprint density at radius 2 is 1.71 bits per heavy atom. The molecule has 1 heterocycles. The number of amides is 2. The quantitative estimate of drug-likeness (QED) is 0.475. The lowest BCUT2D eigenvalue weighted by Crippen LogP contribution is -2.48. The van der Waals surface area contributed by atoms with Gasteiger partial charge in [-0.15, -0.1) is 0 Å². The fourth-order valence-electron chi connectivity index (χ4n) is 3.87. The Balaban J connectivity index is 1.98. The maximum atomic E-state index is 13.1. The Morgan fingerprint density at radius 3 is 2.34 bits per heavy atom. The Hall–Kier alpha value is -3.85. The molecule has 186 valence electrons. The summed E-state index contributed by atoms with van der Waals surface area (Å²) in [5, 5.41) is 5.62. The SMILES string of the molecule is CCOC(=O)C1=C(CN(CCC(=O)OC)Cc2ccccc2)NC(=O)NC1c1ccc(OC)cc1. The summed E-state index contributed by atoms with van der Waals surface area (Å²) < 4.78 is 15.4. The van der Waals surface area contributed by atoms with Crippen LogP contribution in [0.25, 0.3) is 0 Å². The zero-order valence-corrected chi connectivity index (χ0v) is 20.2. The summed E-state index contributed by atoms with van der Waals surface area (Å²) in [5.41, 5.74) is 2.48. The number of hydrogen-bond acceptors (Lipinski definition) is 7. The van der Waals surface area contributed by atoms with Crippen LogP contribution >= 0.6 is 0 Å². The van der Waals surface area contributed by atoms with Gasteiger partial charge in [0.05, 0.1) is 38.9 Å². The molecule has 9 nitrogen and oxygen atoms in total. The second-order valence-electron chi connectivity index (χ2n) is 7.94. The van der Waals surface area contributed by atoms with Crippen LogP contribution in [0.5, 0.6) is 5.75 Å². The van der Waals surface area contributed by atoms with Gasteiger partial charge in [-0.2, -0.15) is 0 Å². The van der Waals surface area contributed by atoms with Gasteiger partial charge in [0.1, 0.15) is 5.75 Å². The topological polar surface area (TPSA) is 106 Å². The third-order valence-electron chi connectivity index (χ3n) is 5.59. The number of benzene rings is 2. The van der Waals surface area contributed by atoms with E-state index in [1.165, 1.54) is 7.11 Å². The molecule has 0 spiro atoms. The van der Waals surface area contributed by atoms with Gasteiger partial charge >= 0.3 is 18.0 Å². The van der Waals surface area contributed by atoms with Crippen LogP contribution < -0.4 is 15.4 Å². The van der Waals surface area contributed by atoms with Crippen LogP contribution in [0.15, 0.2) is 65.9 Å². The minimum absolute atomic E-state index is 0.166. The van der Waals surface area contributed by atoms with Gasteiger partial charge in [-0.3, -0.25) is 9.69 Å². The Morgan fingerprint density at radius 1 is 1.00 bits per heavy atom. The van der Waals surface area contributed by atoms with E-state index in [4.69, 9.17) is 14.2 Å². The molecule has 1 unspecified atom stereocenters. The van der Waals surface area contributed by atoms with Crippen molar-refractivity contribution in [1.82, 2.24) is 15.5 Å². The van der Waals surface area contributed by atoms with Gasteiger partial charge in [0.25, 0.3) is 0 Å². The zero-order chi connectivity index (χ0) is 25.2. The van der Waals surface area contributed by atoms with E-state index in [0.29, 0.717) is 35.7 Å². The number of nitrogens with one attached hydrogen (secondary N) is 2. The first-order valence-corrected chi connectivity index (χ1v) is 11.4. The number of urea groups is 1. The molecule has 2 amide bonds. The first kappa shape index (κ1) is 25.8. The molecule has 0 aliphatic carbocycles. The molecule has 2 N–H and O–H groups in total. The number of nitrogens with zero attached hydrogens (tertiary/aromatic N) is 1. The number of esters is 2. The summed E-state index contributed by atoms with van der Waals surface area (Å²) in [6.07, 6.45) is 0.166. The lowest BCUT2D eigenvalue weighted by molar-refractivity contribution is -0.141. The van der Waals surface area contributed by atoms with E-state index in [0.717, 1.165) is 5.56 Å². The standard InChI is InChI=1S/C26H31N3O6/c1-4-35-25(31)23-21(27-26(32)28-24(23)19-10-12-20(33-2)13-11-19)17-29(15-14-22(30)34-3)16-18-8-6-5-7-9-18/h5-13,24H,4,14-17H2,1-3H3,(H2,27,28,32). The predicted molar refractivity (Wildman–Crippen MR) is 129 cm³/mol. The second kappa shape index (κ2) is 12.6. The molecule has 35 heavy (non-hydrogen) atoms. The highest BCUT2D eigenvalue weighted by atomic mass is 16.5. The molecule has 0 fully saturated rings. The number of carbonyl (C=O) groups is 3. The molecular weight excluding hydrogens is 450 g/mol. The van der Waals surface area contributed by atoms with Crippen molar-refractivity contribution in [2.45, 2.75) is 25.9 Å². The summed E-state index contributed by atoms with van der Waals surface area (Å²) in [4.78, 5) is 39.5. The number of ether oxygens (including phenoxy) is 3. The molecule has 1 aliphatic heterocycles. The average molecular weight is 482 g/mol. The van der Waals surface area contributed by atoms with E-state index in [-0.39, 0.29) is 25.5 Å². The minimum Gasteiger partial charge on any atom is -0.497 e. The first-order valence-electron chi connectivity index (χ1n) is 11.4. The summed E-state index contributed by atoms with van der Waals surface area (Å²) in [6, 6.07) is 15.7. The molecule has 0 radical (unpaired) electrons. The molecule has 3 rings (SSSR count). The third kappa shape index (κ3) is 7.07.